The molecule has 5 aliphatic carbocycles. The summed E-state index contributed by atoms with van der Waals surface area (Å²) < 4.78 is 2.60. The van der Waals surface area contributed by atoms with Gasteiger partial charge in [-0.2, -0.15) is 0 Å². The molecular weight excluding hydrogens is 617 g/mol. The Morgan fingerprint density at radius 3 is 2.25 bits per heavy atom. The van der Waals surface area contributed by atoms with Gasteiger partial charge >= 0.3 is 0 Å². The zero-order valence-electron chi connectivity index (χ0n) is 30.1. The van der Waals surface area contributed by atoms with Crippen molar-refractivity contribution < 1.29 is 0 Å². The monoisotopic (exact) mass is 666 g/mol. The summed E-state index contributed by atoms with van der Waals surface area (Å²) in [7, 11) is 0. The molecule has 0 fully saturated rings. The van der Waals surface area contributed by atoms with Gasteiger partial charge in [0.25, 0.3) is 0 Å². The molecule has 3 aromatic carbocycles. The first-order chi connectivity index (χ1) is 25.2. The fraction of sp³-hybridized carbons (Fsp3) is 0.306. The summed E-state index contributed by atoms with van der Waals surface area (Å²) in [5, 5.41) is 0. The molecule has 0 saturated carbocycles. The molecule has 0 bridgehead atoms. The topological polar surface area (TPSA) is 8.17 Å². The minimum Gasteiger partial charge on any atom is -0.338 e. The van der Waals surface area contributed by atoms with Crippen molar-refractivity contribution in [2.75, 3.05) is 4.90 Å². The highest BCUT2D eigenvalue weighted by atomic mass is 15.2. The highest BCUT2D eigenvalue weighted by Gasteiger charge is 2.29. The van der Waals surface area contributed by atoms with Crippen molar-refractivity contribution in [2.45, 2.75) is 89.5 Å². The molecule has 5 aliphatic rings. The first-order valence-corrected chi connectivity index (χ1v) is 19.6. The molecule has 0 radical (unpaired) electrons. The van der Waals surface area contributed by atoms with Gasteiger partial charge in [0.05, 0.1) is 0 Å². The van der Waals surface area contributed by atoms with Crippen LogP contribution in [0.25, 0.3) is 22.9 Å². The van der Waals surface area contributed by atoms with Gasteiger partial charge in [-0.25, -0.2) is 0 Å². The molecule has 2 nitrogen and oxygen atoms in total. The fourth-order valence-electron chi connectivity index (χ4n) is 9.34. The Hall–Kier alpha value is -4.82. The Morgan fingerprint density at radius 1 is 0.667 bits per heavy atom. The molecule has 3 unspecified atom stereocenters. The van der Waals surface area contributed by atoms with E-state index in [1.165, 1.54) is 82.7 Å². The van der Waals surface area contributed by atoms with E-state index in [1.54, 1.807) is 16.8 Å². The normalized spacial score (nSPS) is 22.5. The Kier molecular flexibility index (Phi) is 8.86. The van der Waals surface area contributed by atoms with Gasteiger partial charge in [0.15, 0.2) is 0 Å². The summed E-state index contributed by atoms with van der Waals surface area (Å²) in [5.41, 5.74) is 17.1. The maximum atomic E-state index is 2.63. The van der Waals surface area contributed by atoms with E-state index in [1.807, 2.05) is 0 Å². The summed E-state index contributed by atoms with van der Waals surface area (Å²) in [4.78, 5) is 2.63. The predicted octanol–water partition coefficient (Wildman–Crippen LogP) is 12.4. The van der Waals surface area contributed by atoms with Crippen LogP contribution < -0.4 is 4.90 Å². The number of aromatic nitrogens is 1. The van der Waals surface area contributed by atoms with Crippen molar-refractivity contribution in [1.29, 1.82) is 0 Å². The second-order valence-electron chi connectivity index (χ2n) is 15.4. The van der Waals surface area contributed by atoms with E-state index in [0.717, 1.165) is 44.4 Å². The molecule has 3 atom stereocenters. The quantitative estimate of drug-likeness (QED) is 0.191. The van der Waals surface area contributed by atoms with Crippen LogP contribution in [-0.2, 0) is 19.3 Å². The number of hydrogen-bond donors (Lipinski definition) is 0. The van der Waals surface area contributed by atoms with Crippen molar-refractivity contribution in [3.05, 3.63) is 172 Å². The van der Waals surface area contributed by atoms with Gasteiger partial charge in [0.1, 0.15) is 0 Å². The zero-order chi connectivity index (χ0) is 34.1. The van der Waals surface area contributed by atoms with Crippen molar-refractivity contribution in [1.82, 2.24) is 4.57 Å². The van der Waals surface area contributed by atoms with E-state index in [9.17, 15) is 0 Å². The summed E-state index contributed by atoms with van der Waals surface area (Å²) in [6.45, 7) is 2.42. The van der Waals surface area contributed by atoms with Crippen LogP contribution in [0, 0.1) is 5.92 Å². The van der Waals surface area contributed by atoms with Crippen LogP contribution in [0.5, 0.6) is 0 Å². The van der Waals surface area contributed by atoms with Gasteiger partial charge in [0.2, 0.25) is 0 Å². The zero-order valence-corrected chi connectivity index (χ0v) is 30.1. The number of fused-ring (bicyclic) bond motifs is 3. The van der Waals surface area contributed by atoms with Crippen LogP contribution in [0.15, 0.2) is 133 Å². The average molecular weight is 667 g/mol. The van der Waals surface area contributed by atoms with E-state index in [0.29, 0.717) is 12.0 Å². The molecule has 4 aromatic rings. The second-order valence-corrected chi connectivity index (χ2v) is 15.4. The molecule has 0 spiro atoms. The van der Waals surface area contributed by atoms with Crippen LogP contribution in [0.1, 0.15) is 103 Å². The number of rotatable bonds is 7. The maximum absolute atomic E-state index is 2.63. The number of hydrogen-bond acceptors (Lipinski definition) is 1. The van der Waals surface area contributed by atoms with Crippen LogP contribution in [0.3, 0.4) is 0 Å². The standard InChI is InChI=1S/C49H50N2/c1-35-16-33-47-46-14-8-9-15-48(46)51(49(47)34-35)45-31-23-41(24-32-45)40-21-29-44(30-22-40)50(42-25-17-38(18-26-42)36-10-4-2-5-11-36)43-27-19-39(20-28-43)37-12-6-3-7-13-37/h2,4-6,9-13,15,17,19-21,23-24,27-32,35,40,42H,3,7-8,14,16,18,22,25-26,33-34H2,1H3. The Labute approximate surface area is 304 Å². The maximum Gasteiger partial charge on any atom is 0.0490 e. The third-order valence-corrected chi connectivity index (χ3v) is 12.1. The number of allylic oxidation sites excluding steroid dienone is 9. The van der Waals surface area contributed by atoms with E-state index < -0.39 is 0 Å². The lowest BCUT2D eigenvalue weighted by Gasteiger charge is -2.38. The molecule has 1 heterocycles. The van der Waals surface area contributed by atoms with Gasteiger partial charge in [-0.3, -0.25) is 0 Å². The minimum absolute atomic E-state index is 0.389. The first-order valence-electron chi connectivity index (χ1n) is 19.6. The first kappa shape index (κ1) is 32.1. The third kappa shape index (κ3) is 6.35. The van der Waals surface area contributed by atoms with Crippen molar-refractivity contribution in [2.24, 2.45) is 5.92 Å². The fourth-order valence-corrected chi connectivity index (χ4v) is 9.34. The van der Waals surface area contributed by atoms with Gasteiger partial charge in [-0.1, -0.05) is 104 Å². The number of benzene rings is 3. The Bertz CT molecular complexity index is 2080. The van der Waals surface area contributed by atoms with Crippen LogP contribution in [0.2, 0.25) is 0 Å². The summed E-state index contributed by atoms with van der Waals surface area (Å²) in [6, 6.07) is 30.3. The van der Waals surface area contributed by atoms with Gasteiger partial charge in [-0.05, 0) is 152 Å². The molecule has 0 aliphatic heterocycles. The van der Waals surface area contributed by atoms with Crippen LogP contribution in [0.4, 0.5) is 5.69 Å². The summed E-state index contributed by atoms with van der Waals surface area (Å²) >= 11 is 0. The van der Waals surface area contributed by atoms with Crippen LogP contribution in [-0.4, -0.2) is 10.6 Å². The van der Waals surface area contributed by atoms with Crippen LogP contribution >= 0.6 is 0 Å². The molecule has 2 heteroatoms. The lowest BCUT2D eigenvalue weighted by atomic mass is 9.86. The third-order valence-electron chi connectivity index (χ3n) is 12.1. The summed E-state index contributed by atoms with van der Waals surface area (Å²) in [6.07, 6.45) is 34.3. The largest absolute Gasteiger partial charge is 0.338 e. The molecule has 1 aromatic heterocycles. The second kappa shape index (κ2) is 14.1. The van der Waals surface area contributed by atoms with Crippen molar-refractivity contribution in [3.63, 3.8) is 0 Å². The molecule has 256 valence electrons. The minimum atomic E-state index is 0.389. The van der Waals surface area contributed by atoms with E-state index >= 15 is 0 Å². The smallest absolute Gasteiger partial charge is 0.0490 e. The Morgan fingerprint density at radius 2 is 1.51 bits per heavy atom. The van der Waals surface area contributed by atoms with Gasteiger partial charge in [0, 0.05) is 40.4 Å². The molecule has 9 rings (SSSR count). The molecular formula is C49H50N2. The summed E-state index contributed by atoms with van der Waals surface area (Å²) in [5.74, 6) is 1.14. The van der Waals surface area contributed by atoms with Crippen molar-refractivity contribution in [3.8, 4) is 5.69 Å². The highest BCUT2D eigenvalue weighted by Crippen LogP contribution is 2.40. The highest BCUT2D eigenvalue weighted by molar-refractivity contribution is 5.76. The molecule has 0 saturated heterocycles. The predicted molar refractivity (Wildman–Crippen MR) is 216 cm³/mol. The van der Waals surface area contributed by atoms with Crippen molar-refractivity contribution >= 4 is 22.9 Å². The lowest BCUT2D eigenvalue weighted by molar-refractivity contribution is 0.489. The Balaban J connectivity index is 0.971. The molecule has 0 N–H and O–H groups in total. The number of anilines is 1. The molecule has 51 heavy (non-hydrogen) atoms. The molecule has 0 amide bonds. The average Bonchev–Trinajstić information content (AvgIpc) is 3.53. The number of nitrogens with zero attached hydrogens (tertiary/aromatic N) is 2. The van der Waals surface area contributed by atoms with E-state index in [-0.39, 0.29) is 0 Å². The van der Waals surface area contributed by atoms with Gasteiger partial charge < -0.3 is 9.47 Å². The van der Waals surface area contributed by atoms with E-state index in [4.69, 9.17) is 0 Å². The van der Waals surface area contributed by atoms with Gasteiger partial charge in [-0.15, -0.1) is 0 Å². The lowest BCUT2D eigenvalue weighted by Crippen LogP contribution is -2.35. The van der Waals surface area contributed by atoms with E-state index in [2.05, 4.69) is 150 Å². The SMILES string of the molecule is CC1CCc2c3c(n(-c4ccc(C5C=CC(N(c6ccc(C7=CCCC=C7)cc6)C6CC=C(c7ccccc7)CC6)=CC5)cc4)c2C1)C=CCC3.